The molecule has 0 N–H and O–H groups in total. The van der Waals surface area contributed by atoms with Gasteiger partial charge in [0.25, 0.3) is 0 Å². The van der Waals surface area contributed by atoms with Crippen molar-refractivity contribution < 1.29 is 14.2 Å². The van der Waals surface area contributed by atoms with Crippen LogP contribution in [-0.2, 0) is 11.2 Å². The second kappa shape index (κ2) is 8.67. The lowest BCUT2D eigenvalue weighted by atomic mass is 10.0. The van der Waals surface area contributed by atoms with Crippen LogP contribution in [0.15, 0.2) is 47.5 Å². The first kappa shape index (κ1) is 17.5. The molecular weight excluding hydrogens is 314 g/mol. The molecule has 3 rings (SSSR count). The highest BCUT2D eigenvalue weighted by Gasteiger charge is 2.15. The molecule has 0 fully saturated rings. The maximum absolute atomic E-state index is 5.79. The lowest BCUT2D eigenvalue weighted by Gasteiger charge is -2.12. The average molecular weight is 339 g/mol. The zero-order chi connectivity index (χ0) is 17.5. The lowest BCUT2D eigenvalue weighted by Crippen LogP contribution is -2.06. The van der Waals surface area contributed by atoms with Crippen LogP contribution < -0.4 is 9.47 Å². The minimum Gasteiger partial charge on any atom is -0.497 e. The number of nitrogens with zero attached hydrogens (tertiary/aromatic N) is 1. The standard InChI is InChI=1S/C21H25NO3/c1-23-13-14-25-19-10-7-16-5-3-4-6-21(20(16)15-19)22-17-8-11-18(24-2)12-9-17/h7-12,15H,3-6,13-14H2,1-2H3. The van der Waals surface area contributed by atoms with Crippen LogP contribution in [0, 0.1) is 0 Å². The summed E-state index contributed by atoms with van der Waals surface area (Å²) in [5, 5.41) is 0. The smallest absolute Gasteiger partial charge is 0.120 e. The third-order valence-electron chi connectivity index (χ3n) is 4.39. The summed E-state index contributed by atoms with van der Waals surface area (Å²) in [7, 11) is 3.35. The van der Waals surface area contributed by atoms with E-state index in [0.29, 0.717) is 13.2 Å². The summed E-state index contributed by atoms with van der Waals surface area (Å²) in [6.07, 6.45) is 4.43. The third-order valence-corrected chi connectivity index (χ3v) is 4.39. The Bertz CT molecular complexity index is 722. The number of aryl methyl sites for hydroxylation is 1. The van der Waals surface area contributed by atoms with Gasteiger partial charge in [0.15, 0.2) is 0 Å². The van der Waals surface area contributed by atoms with Crippen molar-refractivity contribution in [2.45, 2.75) is 25.7 Å². The molecule has 2 aromatic rings. The van der Waals surface area contributed by atoms with Crippen molar-refractivity contribution in [2.75, 3.05) is 27.4 Å². The van der Waals surface area contributed by atoms with E-state index in [1.807, 2.05) is 30.3 Å². The summed E-state index contributed by atoms with van der Waals surface area (Å²) in [4.78, 5) is 4.91. The number of aliphatic imine (C=N–C) groups is 1. The average Bonchev–Trinajstić information content (AvgIpc) is 2.85. The van der Waals surface area contributed by atoms with Crippen molar-refractivity contribution >= 4 is 11.4 Å². The molecule has 2 aromatic carbocycles. The molecule has 0 spiro atoms. The molecule has 4 heteroatoms. The van der Waals surface area contributed by atoms with Gasteiger partial charge in [0.1, 0.15) is 18.1 Å². The maximum Gasteiger partial charge on any atom is 0.120 e. The SMILES string of the molecule is COCCOc1ccc2c(c1)C(=Nc1ccc(OC)cc1)CCCC2. The normalized spacial score (nSPS) is 15.5. The largest absolute Gasteiger partial charge is 0.497 e. The summed E-state index contributed by atoms with van der Waals surface area (Å²) in [6.45, 7) is 1.14. The zero-order valence-corrected chi connectivity index (χ0v) is 15.0. The Morgan fingerprint density at radius 3 is 2.40 bits per heavy atom. The van der Waals surface area contributed by atoms with Gasteiger partial charge in [0.2, 0.25) is 0 Å². The highest BCUT2D eigenvalue weighted by molar-refractivity contribution is 6.03. The molecule has 4 nitrogen and oxygen atoms in total. The Balaban J connectivity index is 1.89. The maximum atomic E-state index is 5.79. The summed E-state index contributed by atoms with van der Waals surface area (Å²) < 4.78 is 16.1. The molecular formula is C21H25NO3. The lowest BCUT2D eigenvalue weighted by molar-refractivity contribution is 0.146. The van der Waals surface area contributed by atoms with Crippen molar-refractivity contribution in [1.29, 1.82) is 0 Å². The number of benzene rings is 2. The van der Waals surface area contributed by atoms with Gasteiger partial charge in [-0.1, -0.05) is 6.07 Å². The van der Waals surface area contributed by atoms with E-state index in [4.69, 9.17) is 19.2 Å². The van der Waals surface area contributed by atoms with Gasteiger partial charge in [0, 0.05) is 18.4 Å². The van der Waals surface area contributed by atoms with E-state index in [2.05, 4.69) is 12.1 Å². The van der Waals surface area contributed by atoms with E-state index in [0.717, 1.165) is 42.2 Å². The second-order valence-corrected chi connectivity index (χ2v) is 6.12. The van der Waals surface area contributed by atoms with Crippen LogP contribution in [0.5, 0.6) is 11.5 Å². The van der Waals surface area contributed by atoms with Gasteiger partial charge in [-0.25, -0.2) is 0 Å². The number of rotatable bonds is 6. The quantitative estimate of drug-likeness (QED) is 0.572. The Kier molecular flexibility index (Phi) is 6.07. The van der Waals surface area contributed by atoms with E-state index >= 15 is 0 Å². The molecule has 0 radical (unpaired) electrons. The molecule has 0 saturated carbocycles. The monoisotopic (exact) mass is 339 g/mol. The summed E-state index contributed by atoms with van der Waals surface area (Å²) in [5.74, 6) is 1.72. The number of methoxy groups -OCH3 is 2. The van der Waals surface area contributed by atoms with E-state index in [-0.39, 0.29) is 0 Å². The molecule has 0 aromatic heterocycles. The highest BCUT2D eigenvalue weighted by atomic mass is 16.5. The minimum atomic E-state index is 0.556. The molecule has 0 atom stereocenters. The number of hydrogen-bond acceptors (Lipinski definition) is 4. The predicted octanol–water partition coefficient (Wildman–Crippen LogP) is 4.57. The van der Waals surface area contributed by atoms with E-state index in [9.17, 15) is 0 Å². The number of hydrogen-bond donors (Lipinski definition) is 0. The Morgan fingerprint density at radius 2 is 1.64 bits per heavy atom. The number of fused-ring (bicyclic) bond motifs is 1. The molecule has 0 unspecified atom stereocenters. The summed E-state index contributed by atoms with van der Waals surface area (Å²) in [5.41, 5.74) is 4.65. The highest BCUT2D eigenvalue weighted by Crippen LogP contribution is 2.28. The van der Waals surface area contributed by atoms with Crippen molar-refractivity contribution in [2.24, 2.45) is 4.99 Å². The first-order chi connectivity index (χ1) is 12.3. The predicted molar refractivity (Wildman–Crippen MR) is 101 cm³/mol. The van der Waals surface area contributed by atoms with Crippen LogP contribution in [-0.4, -0.2) is 33.1 Å². The fourth-order valence-electron chi connectivity index (χ4n) is 3.05. The first-order valence-electron chi connectivity index (χ1n) is 8.77. The fraction of sp³-hybridized carbons (Fsp3) is 0.381. The van der Waals surface area contributed by atoms with Gasteiger partial charge >= 0.3 is 0 Å². The Labute approximate surface area is 149 Å². The molecule has 0 saturated heterocycles. The first-order valence-corrected chi connectivity index (χ1v) is 8.77. The van der Waals surface area contributed by atoms with Crippen molar-refractivity contribution in [3.8, 4) is 11.5 Å². The van der Waals surface area contributed by atoms with Crippen LogP contribution in [0.1, 0.15) is 30.4 Å². The van der Waals surface area contributed by atoms with E-state index < -0.39 is 0 Å². The Morgan fingerprint density at radius 1 is 0.880 bits per heavy atom. The van der Waals surface area contributed by atoms with E-state index in [1.165, 1.54) is 17.5 Å². The van der Waals surface area contributed by atoms with Crippen molar-refractivity contribution in [3.05, 3.63) is 53.6 Å². The molecule has 0 amide bonds. The topological polar surface area (TPSA) is 40.0 Å². The molecule has 0 bridgehead atoms. The number of ether oxygens (including phenoxy) is 3. The van der Waals surface area contributed by atoms with E-state index in [1.54, 1.807) is 14.2 Å². The minimum absolute atomic E-state index is 0.556. The summed E-state index contributed by atoms with van der Waals surface area (Å²) in [6, 6.07) is 14.2. The van der Waals surface area contributed by atoms with Crippen LogP contribution in [0.2, 0.25) is 0 Å². The van der Waals surface area contributed by atoms with Gasteiger partial charge in [-0.2, -0.15) is 0 Å². The van der Waals surface area contributed by atoms with Crippen molar-refractivity contribution in [1.82, 2.24) is 0 Å². The molecule has 25 heavy (non-hydrogen) atoms. The van der Waals surface area contributed by atoms with Crippen LogP contribution in [0.3, 0.4) is 0 Å². The summed E-state index contributed by atoms with van der Waals surface area (Å²) >= 11 is 0. The van der Waals surface area contributed by atoms with Crippen LogP contribution in [0.4, 0.5) is 5.69 Å². The molecule has 0 aliphatic heterocycles. The molecule has 1 aliphatic carbocycles. The van der Waals surface area contributed by atoms with Gasteiger partial charge < -0.3 is 14.2 Å². The Hall–Kier alpha value is -2.33. The third kappa shape index (κ3) is 4.60. The molecule has 1 aliphatic rings. The van der Waals surface area contributed by atoms with Gasteiger partial charge in [-0.05, 0) is 67.6 Å². The zero-order valence-electron chi connectivity index (χ0n) is 15.0. The molecule has 132 valence electrons. The second-order valence-electron chi connectivity index (χ2n) is 6.12. The van der Waals surface area contributed by atoms with Gasteiger partial charge in [0.05, 0.1) is 19.4 Å². The van der Waals surface area contributed by atoms with Crippen LogP contribution in [0.25, 0.3) is 0 Å². The van der Waals surface area contributed by atoms with Gasteiger partial charge in [-0.15, -0.1) is 0 Å². The van der Waals surface area contributed by atoms with Crippen LogP contribution >= 0.6 is 0 Å². The van der Waals surface area contributed by atoms with Crippen molar-refractivity contribution in [3.63, 3.8) is 0 Å². The fourth-order valence-corrected chi connectivity index (χ4v) is 3.05. The molecule has 0 heterocycles. The van der Waals surface area contributed by atoms with Gasteiger partial charge in [-0.3, -0.25) is 4.99 Å².